The van der Waals surface area contributed by atoms with E-state index in [4.69, 9.17) is 4.42 Å². The number of amides is 1. The highest BCUT2D eigenvalue weighted by Crippen LogP contribution is 2.28. The Kier molecular flexibility index (Phi) is 3.83. The molecular formula is C16H14N2O2S. The Morgan fingerprint density at radius 2 is 2.14 bits per heavy atom. The van der Waals surface area contributed by atoms with Gasteiger partial charge in [-0.05, 0) is 42.6 Å². The summed E-state index contributed by atoms with van der Waals surface area (Å²) in [4.78, 5) is 19.4. The van der Waals surface area contributed by atoms with Crippen molar-refractivity contribution in [1.29, 1.82) is 0 Å². The minimum Gasteiger partial charge on any atom is -0.467 e. The molecule has 106 valence electrons. The summed E-state index contributed by atoms with van der Waals surface area (Å²) in [7, 11) is 0. The summed E-state index contributed by atoms with van der Waals surface area (Å²) >= 11 is 1.42. The van der Waals surface area contributed by atoms with Gasteiger partial charge in [0.25, 0.3) is 5.91 Å². The van der Waals surface area contributed by atoms with E-state index < -0.39 is 0 Å². The van der Waals surface area contributed by atoms with Gasteiger partial charge in [0.15, 0.2) is 0 Å². The van der Waals surface area contributed by atoms with Crippen LogP contribution in [-0.4, -0.2) is 10.9 Å². The van der Waals surface area contributed by atoms with Crippen molar-refractivity contribution in [2.24, 2.45) is 0 Å². The van der Waals surface area contributed by atoms with Crippen LogP contribution in [0.4, 0.5) is 5.82 Å². The zero-order valence-electron chi connectivity index (χ0n) is 11.5. The number of hydrogen-bond acceptors (Lipinski definition) is 4. The van der Waals surface area contributed by atoms with Gasteiger partial charge < -0.3 is 4.42 Å². The van der Waals surface area contributed by atoms with E-state index in [9.17, 15) is 4.79 Å². The third-order valence-corrected chi connectivity index (χ3v) is 4.05. The van der Waals surface area contributed by atoms with Crippen LogP contribution in [0.1, 0.15) is 28.4 Å². The van der Waals surface area contributed by atoms with Crippen LogP contribution in [0.3, 0.4) is 0 Å². The lowest BCUT2D eigenvalue weighted by Crippen LogP contribution is -2.33. The summed E-state index contributed by atoms with van der Waals surface area (Å²) in [6, 6.07) is 12.7. The number of anilines is 1. The predicted molar refractivity (Wildman–Crippen MR) is 82.5 cm³/mol. The molecule has 0 bridgehead atoms. The Labute approximate surface area is 126 Å². The Bertz CT molecular complexity index is 693. The van der Waals surface area contributed by atoms with Crippen LogP contribution in [-0.2, 0) is 0 Å². The first-order valence-electron chi connectivity index (χ1n) is 6.59. The number of hydrogen-bond donors (Lipinski definition) is 0. The lowest BCUT2D eigenvalue weighted by atomic mass is 10.2. The SMILES string of the molecule is C[C@@H](c1ccco1)N(C(=O)c1cccs1)c1ccccn1. The molecule has 0 aliphatic heterocycles. The van der Waals surface area contributed by atoms with Crippen molar-refractivity contribution in [1.82, 2.24) is 4.98 Å². The molecule has 1 amide bonds. The van der Waals surface area contributed by atoms with Crippen LogP contribution in [0.5, 0.6) is 0 Å². The van der Waals surface area contributed by atoms with Crippen LogP contribution < -0.4 is 4.90 Å². The average molecular weight is 298 g/mol. The minimum atomic E-state index is -0.232. The van der Waals surface area contributed by atoms with Crippen LogP contribution in [0.2, 0.25) is 0 Å². The summed E-state index contributed by atoms with van der Waals surface area (Å²) < 4.78 is 5.45. The number of furan rings is 1. The molecule has 0 fully saturated rings. The summed E-state index contributed by atoms with van der Waals surface area (Å²) in [5.74, 6) is 1.26. The van der Waals surface area contributed by atoms with E-state index in [-0.39, 0.29) is 11.9 Å². The molecule has 1 atom stereocenters. The van der Waals surface area contributed by atoms with Crippen molar-refractivity contribution in [2.45, 2.75) is 13.0 Å². The normalized spacial score (nSPS) is 12.0. The molecule has 3 aromatic rings. The number of thiophene rings is 1. The van der Waals surface area contributed by atoms with Crippen molar-refractivity contribution in [2.75, 3.05) is 4.90 Å². The number of nitrogens with zero attached hydrogens (tertiary/aromatic N) is 2. The standard InChI is InChI=1S/C16H14N2O2S/c1-12(13-6-4-10-20-13)18(15-8-2-3-9-17-15)16(19)14-7-5-11-21-14/h2-12H,1H3/t12-/m0/s1. The maximum atomic E-state index is 12.8. The second kappa shape index (κ2) is 5.93. The van der Waals surface area contributed by atoms with Crippen LogP contribution >= 0.6 is 11.3 Å². The molecule has 3 heterocycles. The monoisotopic (exact) mass is 298 g/mol. The number of rotatable bonds is 4. The molecule has 0 N–H and O–H groups in total. The summed E-state index contributed by atoms with van der Waals surface area (Å²) in [6.45, 7) is 1.93. The lowest BCUT2D eigenvalue weighted by Gasteiger charge is -2.26. The Morgan fingerprint density at radius 3 is 2.76 bits per heavy atom. The van der Waals surface area contributed by atoms with Gasteiger partial charge in [0.05, 0.1) is 17.2 Å². The van der Waals surface area contributed by atoms with E-state index in [0.717, 1.165) is 5.76 Å². The van der Waals surface area contributed by atoms with Gasteiger partial charge in [-0.2, -0.15) is 0 Å². The van der Waals surface area contributed by atoms with E-state index in [1.165, 1.54) is 11.3 Å². The quantitative estimate of drug-likeness (QED) is 0.727. The van der Waals surface area contributed by atoms with Crippen molar-refractivity contribution in [3.05, 3.63) is 70.9 Å². The fraction of sp³-hybridized carbons (Fsp3) is 0.125. The fourth-order valence-corrected chi connectivity index (χ4v) is 2.81. The van der Waals surface area contributed by atoms with Crippen LogP contribution in [0.15, 0.2) is 64.7 Å². The van der Waals surface area contributed by atoms with E-state index >= 15 is 0 Å². The molecule has 21 heavy (non-hydrogen) atoms. The van der Waals surface area contributed by atoms with Crippen molar-refractivity contribution in [3.63, 3.8) is 0 Å². The smallest absolute Gasteiger partial charge is 0.270 e. The van der Waals surface area contributed by atoms with Crippen molar-refractivity contribution in [3.8, 4) is 0 Å². The molecule has 3 aromatic heterocycles. The van der Waals surface area contributed by atoms with Crippen LogP contribution in [0, 0.1) is 0 Å². The predicted octanol–water partition coefficient (Wildman–Crippen LogP) is 4.14. The maximum absolute atomic E-state index is 12.8. The molecule has 0 aliphatic rings. The Morgan fingerprint density at radius 1 is 1.24 bits per heavy atom. The summed E-state index contributed by atoms with van der Waals surface area (Å²) in [5, 5.41) is 1.89. The average Bonchev–Trinajstić information content (AvgIpc) is 3.22. The van der Waals surface area contributed by atoms with E-state index in [0.29, 0.717) is 10.7 Å². The molecule has 0 saturated heterocycles. The number of carbonyl (C=O) groups excluding carboxylic acids is 1. The number of pyridine rings is 1. The lowest BCUT2D eigenvalue weighted by molar-refractivity contribution is 0.0978. The highest BCUT2D eigenvalue weighted by Gasteiger charge is 2.27. The molecule has 0 aromatic carbocycles. The summed E-state index contributed by atoms with van der Waals surface area (Å²) in [5.41, 5.74) is 0. The molecule has 5 heteroatoms. The van der Waals surface area contributed by atoms with Crippen molar-refractivity contribution >= 4 is 23.1 Å². The minimum absolute atomic E-state index is 0.0763. The zero-order valence-corrected chi connectivity index (χ0v) is 12.3. The zero-order chi connectivity index (χ0) is 14.7. The fourth-order valence-electron chi connectivity index (χ4n) is 2.15. The van der Waals surface area contributed by atoms with Gasteiger partial charge in [0.2, 0.25) is 0 Å². The molecule has 0 aliphatic carbocycles. The van der Waals surface area contributed by atoms with Gasteiger partial charge in [0.1, 0.15) is 11.6 Å². The molecule has 0 radical (unpaired) electrons. The Hall–Kier alpha value is -2.40. The second-order valence-electron chi connectivity index (χ2n) is 4.53. The van der Waals surface area contributed by atoms with Crippen LogP contribution in [0.25, 0.3) is 0 Å². The molecule has 0 unspecified atom stereocenters. The first-order chi connectivity index (χ1) is 10.3. The number of aromatic nitrogens is 1. The van der Waals surface area contributed by atoms with Gasteiger partial charge >= 0.3 is 0 Å². The second-order valence-corrected chi connectivity index (χ2v) is 5.48. The first kappa shape index (κ1) is 13.6. The molecule has 0 saturated carbocycles. The molecule has 0 spiro atoms. The van der Waals surface area contributed by atoms with Gasteiger partial charge in [0, 0.05) is 6.20 Å². The summed E-state index contributed by atoms with van der Waals surface area (Å²) in [6.07, 6.45) is 3.29. The Balaban J connectivity index is 2.01. The van der Waals surface area contributed by atoms with Crippen molar-refractivity contribution < 1.29 is 9.21 Å². The topological polar surface area (TPSA) is 46.3 Å². The molecule has 4 nitrogen and oxygen atoms in total. The highest BCUT2D eigenvalue weighted by atomic mass is 32.1. The van der Waals surface area contributed by atoms with E-state index in [2.05, 4.69) is 4.98 Å². The molecule has 3 rings (SSSR count). The third kappa shape index (κ3) is 2.73. The van der Waals surface area contributed by atoms with Gasteiger partial charge in [-0.3, -0.25) is 9.69 Å². The van der Waals surface area contributed by atoms with Gasteiger partial charge in [-0.15, -0.1) is 11.3 Å². The number of carbonyl (C=O) groups is 1. The van der Waals surface area contributed by atoms with E-state index in [1.54, 1.807) is 17.4 Å². The van der Waals surface area contributed by atoms with Gasteiger partial charge in [-0.1, -0.05) is 12.1 Å². The van der Waals surface area contributed by atoms with Gasteiger partial charge in [-0.25, -0.2) is 4.98 Å². The first-order valence-corrected chi connectivity index (χ1v) is 7.47. The largest absolute Gasteiger partial charge is 0.467 e. The third-order valence-electron chi connectivity index (χ3n) is 3.19. The van der Waals surface area contributed by atoms with E-state index in [1.807, 2.05) is 54.8 Å². The maximum Gasteiger partial charge on any atom is 0.270 e. The highest BCUT2D eigenvalue weighted by molar-refractivity contribution is 7.12. The molecular weight excluding hydrogens is 284 g/mol.